The summed E-state index contributed by atoms with van der Waals surface area (Å²) in [6.07, 6.45) is -5.03. The van der Waals surface area contributed by atoms with E-state index in [-0.39, 0.29) is 29.6 Å². The van der Waals surface area contributed by atoms with E-state index in [0.29, 0.717) is 28.2 Å². The average Bonchev–Trinajstić information content (AvgIpc) is 3.20. The quantitative estimate of drug-likeness (QED) is 0.288. The van der Waals surface area contributed by atoms with Crippen molar-refractivity contribution in [2.45, 2.75) is 26.2 Å². The number of benzene rings is 3. The van der Waals surface area contributed by atoms with E-state index in [0.717, 1.165) is 11.6 Å². The minimum absolute atomic E-state index is 0.0168. The Morgan fingerprint density at radius 3 is 2.31 bits per heavy atom. The summed E-state index contributed by atoms with van der Waals surface area (Å²) in [6.45, 7) is 1.72. The predicted molar refractivity (Wildman–Crippen MR) is 141 cm³/mol. The fourth-order valence-electron chi connectivity index (χ4n) is 4.62. The van der Waals surface area contributed by atoms with E-state index >= 15 is 0 Å². The number of aryl methyl sites for hydroxylation is 1. The largest absolute Gasteiger partial charge is 0.456 e. The molecule has 198 valence electrons. The molecule has 0 unspecified atom stereocenters. The van der Waals surface area contributed by atoms with Crippen LogP contribution in [-0.2, 0) is 13.1 Å². The molecule has 4 aromatic rings. The number of ketones is 1. The van der Waals surface area contributed by atoms with Crippen LogP contribution in [0, 0.1) is 6.92 Å². The molecular weight excluding hydrogens is 531 g/mol. The Morgan fingerprint density at radius 1 is 0.872 bits per heavy atom. The third-order valence-corrected chi connectivity index (χ3v) is 6.90. The van der Waals surface area contributed by atoms with Crippen LogP contribution in [0.4, 0.5) is 24.5 Å². The number of hydrogen-bond donors (Lipinski definition) is 1. The molecule has 1 N–H and O–H groups in total. The molecule has 0 atom stereocenters. The maximum Gasteiger partial charge on any atom is 0.456 e. The number of anilines is 2. The van der Waals surface area contributed by atoms with Crippen LogP contribution < -0.4 is 10.2 Å². The molecule has 6 nitrogen and oxygen atoms in total. The summed E-state index contributed by atoms with van der Waals surface area (Å²) in [5, 5.41) is 2.86. The number of fused-ring (bicyclic) bond motifs is 2. The van der Waals surface area contributed by atoms with Gasteiger partial charge in [-0.3, -0.25) is 14.4 Å². The van der Waals surface area contributed by atoms with Crippen molar-refractivity contribution in [3.05, 3.63) is 118 Å². The van der Waals surface area contributed by atoms with Crippen molar-refractivity contribution in [1.29, 1.82) is 0 Å². The van der Waals surface area contributed by atoms with Gasteiger partial charge in [-0.05, 0) is 60.5 Å². The van der Waals surface area contributed by atoms with E-state index in [2.05, 4.69) is 5.32 Å². The van der Waals surface area contributed by atoms with Crippen LogP contribution in [-0.4, -0.2) is 28.3 Å². The number of aromatic nitrogens is 1. The van der Waals surface area contributed by atoms with Gasteiger partial charge in [0.1, 0.15) is 0 Å². The van der Waals surface area contributed by atoms with Gasteiger partial charge >= 0.3 is 6.18 Å². The Balaban J connectivity index is 1.46. The van der Waals surface area contributed by atoms with Crippen molar-refractivity contribution < 1.29 is 27.6 Å². The highest BCUT2D eigenvalue weighted by Crippen LogP contribution is 2.33. The Kier molecular flexibility index (Phi) is 6.78. The number of carbonyl (C=O) groups excluding carboxylic acids is 3. The lowest BCUT2D eigenvalue weighted by Gasteiger charge is -2.23. The lowest BCUT2D eigenvalue weighted by molar-refractivity contribution is -0.0890. The number of Topliss-reactive ketones (excluding diaryl/α,β-unsaturated/α-hetero) is 1. The minimum atomic E-state index is -5.03. The topological polar surface area (TPSA) is 71.4 Å². The second kappa shape index (κ2) is 10.1. The summed E-state index contributed by atoms with van der Waals surface area (Å²) >= 11 is 6.49. The van der Waals surface area contributed by atoms with E-state index in [9.17, 15) is 27.6 Å². The van der Waals surface area contributed by atoms with Gasteiger partial charge in [0.15, 0.2) is 0 Å². The van der Waals surface area contributed by atoms with Crippen LogP contribution >= 0.6 is 11.6 Å². The van der Waals surface area contributed by atoms with Gasteiger partial charge in [0.2, 0.25) is 0 Å². The highest BCUT2D eigenvalue weighted by molar-refractivity contribution is 6.35. The van der Waals surface area contributed by atoms with Crippen LogP contribution in [0.25, 0.3) is 0 Å². The van der Waals surface area contributed by atoms with Gasteiger partial charge in [0.25, 0.3) is 17.6 Å². The molecule has 2 amide bonds. The second-order valence-electron chi connectivity index (χ2n) is 9.11. The van der Waals surface area contributed by atoms with Gasteiger partial charge < -0.3 is 14.8 Å². The first-order chi connectivity index (χ1) is 18.5. The maximum absolute atomic E-state index is 13.7. The molecule has 2 heterocycles. The zero-order chi connectivity index (χ0) is 27.9. The van der Waals surface area contributed by atoms with Crippen molar-refractivity contribution in [3.63, 3.8) is 0 Å². The first-order valence-electron chi connectivity index (χ1n) is 11.9. The highest BCUT2D eigenvalue weighted by atomic mass is 35.5. The van der Waals surface area contributed by atoms with Crippen LogP contribution in [0.2, 0.25) is 5.02 Å². The number of rotatable bonds is 4. The first kappa shape index (κ1) is 26.2. The monoisotopic (exact) mass is 551 g/mol. The van der Waals surface area contributed by atoms with Gasteiger partial charge in [-0.25, -0.2) is 0 Å². The molecule has 5 rings (SSSR count). The molecule has 1 aliphatic rings. The third kappa shape index (κ3) is 5.05. The van der Waals surface area contributed by atoms with Gasteiger partial charge in [0.05, 0.1) is 29.4 Å². The highest BCUT2D eigenvalue weighted by Gasteiger charge is 2.42. The zero-order valence-electron chi connectivity index (χ0n) is 20.6. The first-order valence-corrected chi connectivity index (χ1v) is 12.3. The van der Waals surface area contributed by atoms with Crippen molar-refractivity contribution >= 4 is 40.6 Å². The second-order valence-corrected chi connectivity index (χ2v) is 9.51. The summed E-state index contributed by atoms with van der Waals surface area (Å²) in [5.41, 5.74) is 2.77. The average molecular weight is 552 g/mol. The van der Waals surface area contributed by atoms with Gasteiger partial charge in [-0.2, -0.15) is 13.2 Å². The molecule has 1 aliphatic heterocycles. The summed E-state index contributed by atoms with van der Waals surface area (Å²) in [6, 6.07) is 21.0. The molecular formula is C29H21ClF3N3O3. The molecule has 39 heavy (non-hydrogen) atoms. The number of halogens is 4. The fraction of sp³-hybridized carbons (Fsp3) is 0.138. The minimum Gasteiger partial charge on any atom is -0.336 e. The molecule has 0 fully saturated rings. The summed E-state index contributed by atoms with van der Waals surface area (Å²) in [4.78, 5) is 39.9. The van der Waals surface area contributed by atoms with Crippen LogP contribution in [0.5, 0.6) is 0 Å². The third-order valence-electron chi connectivity index (χ3n) is 6.58. The number of hydrogen-bond acceptors (Lipinski definition) is 3. The lowest BCUT2D eigenvalue weighted by atomic mass is 10.1. The summed E-state index contributed by atoms with van der Waals surface area (Å²) in [5.74, 6) is -2.75. The van der Waals surface area contributed by atoms with Gasteiger partial charge in [-0.15, -0.1) is 0 Å². The summed E-state index contributed by atoms with van der Waals surface area (Å²) in [7, 11) is 0. The van der Waals surface area contributed by atoms with E-state index in [4.69, 9.17) is 11.6 Å². The van der Waals surface area contributed by atoms with E-state index in [1.807, 2.05) is 19.1 Å². The Bertz CT molecular complexity index is 1630. The SMILES string of the molecule is Cc1ccccc1C(=O)Nc1ccc(C(=O)N2Cc3ccc(C(=O)C(F)(F)F)n3Cc3ccccc32)c(Cl)c1. The number of nitrogens with zero attached hydrogens (tertiary/aromatic N) is 2. The lowest BCUT2D eigenvalue weighted by Crippen LogP contribution is -2.31. The Hall–Kier alpha value is -4.37. The number of alkyl halides is 3. The molecule has 0 radical (unpaired) electrons. The molecule has 0 bridgehead atoms. The number of carbonyl (C=O) groups is 3. The van der Waals surface area contributed by atoms with E-state index in [1.165, 1.54) is 27.7 Å². The molecule has 10 heteroatoms. The van der Waals surface area contributed by atoms with Crippen molar-refractivity contribution in [2.75, 3.05) is 10.2 Å². The molecule has 0 aliphatic carbocycles. The van der Waals surface area contributed by atoms with Crippen LogP contribution in [0.1, 0.15) is 48.0 Å². The predicted octanol–water partition coefficient (Wildman–Crippen LogP) is 6.66. The molecule has 0 spiro atoms. The van der Waals surface area contributed by atoms with Crippen molar-refractivity contribution in [1.82, 2.24) is 4.57 Å². The van der Waals surface area contributed by atoms with E-state index < -0.39 is 23.6 Å². The zero-order valence-corrected chi connectivity index (χ0v) is 21.3. The Morgan fingerprint density at radius 2 is 1.59 bits per heavy atom. The molecule has 1 aromatic heterocycles. The van der Waals surface area contributed by atoms with Crippen LogP contribution in [0.3, 0.4) is 0 Å². The molecule has 0 saturated heterocycles. The molecule has 3 aromatic carbocycles. The van der Waals surface area contributed by atoms with E-state index in [1.54, 1.807) is 42.5 Å². The van der Waals surface area contributed by atoms with Gasteiger partial charge in [0, 0.05) is 22.6 Å². The summed E-state index contributed by atoms with van der Waals surface area (Å²) < 4.78 is 40.9. The van der Waals surface area contributed by atoms with Gasteiger partial charge in [-0.1, -0.05) is 48.0 Å². The Labute approximate surface area is 226 Å². The number of para-hydroxylation sites is 1. The number of amides is 2. The maximum atomic E-state index is 13.7. The normalized spacial score (nSPS) is 12.8. The van der Waals surface area contributed by atoms with Crippen LogP contribution in [0.15, 0.2) is 78.9 Å². The van der Waals surface area contributed by atoms with Crippen molar-refractivity contribution in [2.24, 2.45) is 0 Å². The van der Waals surface area contributed by atoms with Crippen molar-refractivity contribution in [3.8, 4) is 0 Å². The number of nitrogens with one attached hydrogen (secondary N) is 1. The fourth-order valence-corrected chi connectivity index (χ4v) is 4.88. The standard InChI is InChI=1S/C29H21ClF3N3O3/c1-17-6-2-4-8-21(17)27(38)34-19-10-12-22(23(30)14-19)28(39)36-16-20-11-13-25(26(37)29(31,32)33)35(20)15-18-7-3-5-9-24(18)36/h2-14H,15-16H2,1H3,(H,34,38). The molecule has 0 saturated carbocycles. The smallest absolute Gasteiger partial charge is 0.336 e.